The first-order chi connectivity index (χ1) is 21.4. The van der Waals surface area contributed by atoms with Crippen LogP contribution >= 0.6 is 0 Å². The molecule has 0 aliphatic carbocycles. The number of methoxy groups -OCH3 is 1. The fourth-order valence-electron chi connectivity index (χ4n) is 5.80. The van der Waals surface area contributed by atoms with E-state index in [1.54, 1.807) is 15.6 Å². The summed E-state index contributed by atoms with van der Waals surface area (Å²) in [6.07, 6.45) is 5.05. The van der Waals surface area contributed by atoms with Crippen molar-refractivity contribution in [3.8, 4) is 16.9 Å². The van der Waals surface area contributed by atoms with Gasteiger partial charge in [-0.1, -0.05) is 24.3 Å². The lowest BCUT2D eigenvalue weighted by Crippen LogP contribution is -2.44. The molecule has 11 nitrogen and oxygen atoms in total. The van der Waals surface area contributed by atoms with Gasteiger partial charge in [-0.25, -0.2) is 26.7 Å². The molecule has 2 N–H and O–H groups in total. The van der Waals surface area contributed by atoms with E-state index in [9.17, 15) is 22.0 Å². The highest BCUT2D eigenvalue weighted by molar-refractivity contribution is 7.90. The number of carbonyl (C=O) groups is 1. The molecule has 45 heavy (non-hydrogen) atoms. The molecule has 5 rings (SSSR count). The monoisotopic (exact) mass is 641 g/mol. The maximum atomic E-state index is 14.3. The standard InChI is InChI=1S/C31H37F2N7O4S/c1-20-29(22-15-34-38(2)16-22)37-40(23-8-6-5-7-9-23)30(20)36-31(41)35-28-18-39(24(19-44-3)12-13-45(4,42)43)17-25(28)21-10-11-26(32)27(33)14-21/h5-11,14-16,24-25,28H,12-13,17-19H2,1-4H3,(H2,35,36,41)/t24?,25-,28+/m0/s1. The minimum Gasteiger partial charge on any atom is -0.383 e. The summed E-state index contributed by atoms with van der Waals surface area (Å²) >= 11 is 0. The number of halogens is 2. The van der Waals surface area contributed by atoms with E-state index in [1.807, 2.05) is 55.4 Å². The Morgan fingerprint density at radius 3 is 2.53 bits per heavy atom. The summed E-state index contributed by atoms with van der Waals surface area (Å²) in [5.74, 6) is -1.93. The second-order valence-electron chi connectivity index (χ2n) is 11.4. The molecule has 0 bridgehead atoms. The predicted molar refractivity (Wildman–Crippen MR) is 167 cm³/mol. The third kappa shape index (κ3) is 7.57. The number of anilines is 1. The van der Waals surface area contributed by atoms with Gasteiger partial charge in [0.25, 0.3) is 0 Å². The third-order valence-corrected chi connectivity index (χ3v) is 9.04. The minimum absolute atomic E-state index is 0.0338. The molecule has 0 saturated carbocycles. The number of carbonyl (C=O) groups excluding carboxylic acids is 1. The van der Waals surface area contributed by atoms with Crippen molar-refractivity contribution < 1.29 is 26.7 Å². The van der Waals surface area contributed by atoms with E-state index < -0.39 is 39.5 Å². The SMILES string of the molecule is COCC(CCS(C)(=O)=O)N1C[C@@H](NC(=O)Nc2c(C)c(-c3cnn(C)c3)nn2-c2ccccc2)[C@H](c2ccc(F)c(F)c2)C1. The second kappa shape index (κ2) is 13.5. The van der Waals surface area contributed by atoms with Gasteiger partial charge < -0.3 is 10.1 Å². The summed E-state index contributed by atoms with van der Waals surface area (Å²) in [5, 5.41) is 15.1. The molecule has 0 radical (unpaired) electrons. The zero-order valence-corrected chi connectivity index (χ0v) is 26.4. The Hall–Kier alpha value is -4.14. The quantitative estimate of drug-likeness (QED) is 0.255. The number of hydrogen-bond acceptors (Lipinski definition) is 7. The number of likely N-dealkylation sites (tertiary alicyclic amines) is 1. The van der Waals surface area contributed by atoms with E-state index >= 15 is 0 Å². The number of para-hydroxylation sites is 1. The molecule has 2 aromatic carbocycles. The fraction of sp³-hybridized carbons (Fsp3) is 0.387. The molecule has 1 fully saturated rings. The van der Waals surface area contributed by atoms with Gasteiger partial charge in [0.05, 0.1) is 30.3 Å². The molecule has 2 aromatic heterocycles. The number of ether oxygens (including phenoxy) is 1. The molecule has 1 saturated heterocycles. The Morgan fingerprint density at radius 2 is 1.89 bits per heavy atom. The molecule has 4 aromatic rings. The molecule has 1 aliphatic heterocycles. The summed E-state index contributed by atoms with van der Waals surface area (Å²) in [6, 6.07) is 11.8. The van der Waals surface area contributed by atoms with Crippen LogP contribution in [-0.4, -0.2) is 89.8 Å². The maximum absolute atomic E-state index is 14.3. The van der Waals surface area contributed by atoms with Crippen molar-refractivity contribution in [2.75, 3.05) is 44.1 Å². The number of urea groups is 1. The van der Waals surface area contributed by atoms with Gasteiger partial charge in [0.1, 0.15) is 21.3 Å². The molecule has 1 unspecified atom stereocenters. The Bertz CT molecular complexity index is 1760. The van der Waals surface area contributed by atoms with Gasteiger partial charge in [0.15, 0.2) is 11.6 Å². The summed E-state index contributed by atoms with van der Waals surface area (Å²) in [6.45, 7) is 2.85. The van der Waals surface area contributed by atoms with Crippen LogP contribution in [-0.2, 0) is 21.6 Å². The normalized spacial score (nSPS) is 17.8. The van der Waals surface area contributed by atoms with Crippen molar-refractivity contribution in [3.05, 3.63) is 83.7 Å². The number of aromatic nitrogens is 4. The highest BCUT2D eigenvalue weighted by atomic mass is 32.2. The minimum atomic E-state index is -3.22. The highest BCUT2D eigenvalue weighted by Gasteiger charge is 2.38. The van der Waals surface area contributed by atoms with Crippen molar-refractivity contribution in [1.82, 2.24) is 29.8 Å². The summed E-state index contributed by atoms with van der Waals surface area (Å²) in [4.78, 5) is 15.7. The lowest BCUT2D eigenvalue weighted by atomic mass is 9.94. The molecular formula is C31H37F2N7O4S. The van der Waals surface area contributed by atoms with E-state index in [-0.39, 0.29) is 18.4 Å². The van der Waals surface area contributed by atoms with E-state index in [0.29, 0.717) is 36.6 Å². The zero-order valence-electron chi connectivity index (χ0n) is 25.6. The summed E-state index contributed by atoms with van der Waals surface area (Å²) < 4.78 is 60.8. The molecular weight excluding hydrogens is 604 g/mol. The first kappa shape index (κ1) is 32.3. The number of aryl methyl sites for hydroxylation is 1. The van der Waals surface area contributed by atoms with E-state index in [2.05, 4.69) is 15.7 Å². The lowest BCUT2D eigenvalue weighted by Gasteiger charge is -2.27. The van der Waals surface area contributed by atoms with Crippen LogP contribution in [0.5, 0.6) is 0 Å². The van der Waals surface area contributed by atoms with Gasteiger partial charge in [-0.15, -0.1) is 0 Å². The fourth-order valence-corrected chi connectivity index (χ4v) is 6.50. The topological polar surface area (TPSA) is 123 Å². The lowest BCUT2D eigenvalue weighted by molar-refractivity contribution is 0.101. The highest BCUT2D eigenvalue weighted by Crippen LogP contribution is 2.33. The molecule has 0 spiro atoms. The Labute approximate surface area is 261 Å². The van der Waals surface area contributed by atoms with E-state index in [0.717, 1.165) is 28.9 Å². The molecule has 1 aliphatic rings. The van der Waals surface area contributed by atoms with Crippen molar-refractivity contribution in [3.63, 3.8) is 0 Å². The molecule has 240 valence electrons. The van der Waals surface area contributed by atoms with Crippen LogP contribution in [0.4, 0.5) is 19.4 Å². The molecule has 3 heterocycles. The number of benzene rings is 2. The van der Waals surface area contributed by atoms with Gasteiger partial charge in [-0.2, -0.15) is 10.2 Å². The van der Waals surface area contributed by atoms with Crippen LogP contribution in [0.3, 0.4) is 0 Å². The second-order valence-corrected chi connectivity index (χ2v) is 13.7. The Balaban J connectivity index is 1.43. The van der Waals surface area contributed by atoms with Gasteiger partial charge in [-0.3, -0.25) is 14.9 Å². The number of rotatable bonds is 11. The average molecular weight is 642 g/mol. The average Bonchev–Trinajstić information content (AvgIpc) is 3.70. The van der Waals surface area contributed by atoms with Gasteiger partial charge in [-0.05, 0) is 43.2 Å². The summed E-state index contributed by atoms with van der Waals surface area (Å²) in [7, 11) is 0.126. The zero-order chi connectivity index (χ0) is 32.3. The van der Waals surface area contributed by atoms with Crippen molar-refractivity contribution in [2.24, 2.45) is 7.05 Å². The van der Waals surface area contributed by atoms with Crippen LogP contribution in [0.1, 0.15) is 23.5 Å². The van der Waals surface area contributed by atoms with Gasteiger partial charge in [0, 0.05) is 62.8 Å². The van der Waals surface area contributed by atoms with Gasteiger partial charge >= 0.3 is 6.03 Å². The molecule has 2 amide bonds. The number of nitrogens with zero attached hydrogens (tertiary/aromatic N) is 5. The van der Waals surface area contributed by atoms with Crippen LogP contribution < -0.4 is 10.6 Å². The van der Waals surface area contributed by atoms with Gasteiger partial charge in [0.2, 0.25) is 0 Å². The Morgan fingerprint density at radius 1 is 1.13 bits per heavy atom. The van der Waals surface area contributed by atoms with Crippen LogP contribution in [0.25, 0.3) is 16.9 Å². The predicted octanol–water partition coefficient (Wildman–Crippen LogP) is 3.90. The van der Waals surface area contributed by atoms with Crippen molar-refractivity contribution in [2.45, 2.75) is 31.3 Å². The van der Waals surface area contributed by atoms with Crippen LogP contribution in [0.2, 0.25) is 0 Å². The number of nitrogens with one attached hydrogen (secondary N) is 2. The Kier molecular flexibility index (Phi) is 9.65. The number of sulfone groups is 1. The smallest absolute Gasteiger partial charge is 0.320 e. The largest absolute Gasteiger partial charge is 0.383 e. The third-order valence-electron chi connectivity index (χ3n) is 8.07. The van der Waals surface area contributed by atoms with E-state index in [4.69, 9.17) is 9.84 Å². The van der Waals surface area contributed by atoms with Crippen molar-refractivity contribution >= 4 is 21.7 Å². The number of amides is 2. The first-order valence-electron chi connectivity index (χ1n) is 14.5. The van der Waals surface area contributed by atoms with Crippen molar-refractivity contribution in [1.29, 1.82) is 0 Å². The number of hydrogen-bond donors (Lipinski definition) is 2. The van der Waals surface area contributed by atoms with Crippen LogP contribution in [0.15, 0.2) is 60.9 Å². The van der Waals surface area contributed by atoms with E-state index in [1.165, 1.54) is 19.4 Å². The molecule has 14 heteroatoms. The van der Waals surface area contributed by atoms with Crippen LogP contribution in [0, 0.1) is 18.6 Å². The summed E-state index contributed by atoms with van der Waals surface area (Å²) in [5.41, 5.74) is 3.43. The first-order valence-corrected chi connectivity index (χ1v) is 16.6. The molecule has 3 atom stereocenters. The maximum Gasteiger partial charge on any atom is 0.320 e.